The quantitative estimate of drug-likeness (QED) is 0.886. The minimum Gasteiger partial charge on any atom is -0.478 e. The van der Waals surface area contributed by atoms with Gasteiger partial charge in [0.2, 0.25) is 0 Å². The Balaban J connectivity index is 2.20. The molecule has 1 aromatic carbocycles. The average Bonchev–Trinajstić information content (AvgIpc) is 2.41. The molecule has 0 amide bonds. The van der Waals surface area contributed by atoms with Crippen molar-refractivity contribution in [2.24, 2.45) is 0 Å². The van der Waals surface area contributed by atoms with E-state index in [0.717, 1.165) is 11.8 Å². The molecule has 0 radical (unpaired) electrons. The summed E-state index contributed by atoms with van der Waals surface area (Å²) >= 11 is 0. The number of pyridine rings is 1. The number of anilines is 1. The molecule has 0 aliphatic heterocycles. The molecule has 0 saturated heterocycles. The third kappa shape index (κ3) is 3.07. The second kappa shape index (κ2) is 5.48. The summed E-state index contributed by atoms with van der Waals surface area (Å²) in [4.78, 5) is 15.0. The van der Waals surface area contributed by atoms with Crippen LogP contribution in [-0.4, -0.2) is 16.1 Å². The van der Waals surface area contributed by atoms with E-state index in [1.165, 1.54) is 12.1 Å². The Labute approximate surface area is 109 Å². The Morgan fingerprint density at radius 2 is 2.16 bits per heavy atom. The summed E-state index contributed by atoms with van der Waals surface area (Å²) in [5.41, 5.74) is 1.01. The van der Waals surface area contributed by atoms with E-state index in [9.17, 15) is 9.18 Å². The number of hydrogen-bond acceptors (Lipinski definition) is 3. The Bertz CT molecular complexity index is 587. The van der Waals surface area contributed by atoms with Gasteiger partial charge in [0.05, 0.1) is 17.3 Å². The van der Waals surface area contributed by atoms with Crippen LogP contribution in [0.4, 0.5) is 10.1 Å². The molecular weight excluding hydrogens is 247 g/mol. The summed E-state index contributed by atoms with van der Waals surface area (Å²) in [6, 6.07) is 9.35. The maximum absolute atomic E-state index is 13.3. The Kier molecular flexibility index (Phi) is 3.75. The van der Waals surface area contributed by atoms with Gasteiger partial charge in [-0.3, -0.25) is 4.98 Å². The molecule has 5 heteroatoms. The third-order valence-electron chi connectivity index (χ3n) is 2.71. The number of aromatic nitrogens is 1. The van der Waals surface area contributed by atoms with Gasteiger partial charge in [-0.25, -0.2) is 9.18 Å². The number of carbonyl (C=O) groups is 1. The molecule has 0 fully saturated rings. The number of aromatic carboxylic acids is 1. The van der Waals surface area contributed by atoms with Crippen LogP contribution >= 0.6 is 0 Å². The van der Waals surface area contributed by atoms with E-state index < -0.39 is 11.8 Å². The highest BCUT2D eigenvalue weighted by molar-refractivity contribution is 5.89. The third-order valence-corrected chi connectivity index (χ3v) is 2.71. The average molecular weight is 260 g/mol. The van der Waals surface area contributed by atoms with Crippen LogP contribution in [0.25, 0.3) is 0 Å². The molecule has 0 bridgehead atoms. The van der Waals surface area contributed by atoms with Crippen molar-refractivity contribution in [3.63, 3.8) is 0 Å². The van der Waals surface area contributed by atoms with Crippen molar-refractivity contribution < 1.29 is 14.3 Å². The van der Waals surface area contributed by atoms with Crippen LogP contribution in [0.1, 0.15) is 29.0 Å². The Morgan fingerprint density at radius 1 is 1.37 bits per heavy atom. The highest BCUT2D eigenvalue weighted by Gasteiger charge is 2.12. The molecule has 1 atom stereocenters. The van der Waals surface area contributed by atoms with Crippen LogP contribution in [0.15, 0.2) is 42.6 Å². The number of carboxylic acids is 1. The van der Waals surface area contributed by atoms with Gasteiger partial charge in [-0.1, -0.05) is 6.07 Å². The lowest BCUT2D eigenvalue weighted by Gasteiger charge is -2.15. The number of rotatable bonds is 4. The molecule has 2 rings (SSSR count). The fourth-order valence-corrected chi connectivity index (χ4v) is 1.74. The minimum atomic E-state index is -1.29. The van der Waals surface area contributed by atoms with Gasteiger partial charge in [0, 0.05) is 11.9 Å². The van der Waals surface area contributed by atoms with Gasteiger partial charge in [-0.2, -0.15) is 0 Å². The van der Waals surface area contributed by atoms with Crippen LogP contribution < -0.4 is 5.32 Å². The highest BCUT2D eigenvalue weighted by Crippen LogP contribution is 2.20. The molecule has 98 valence electrons. The van der Waals surface area contributed by atoms with E-state index >= 15 is 0 Å². The van der Waals surface area contributed by atoms with Crippen LogP contribution in [0, 0.1) is 5.82 Å². The van der Waals surface area contributed by atoms with E-state index in [0.29, 0.717) is 5.69 Å². The molecular formula is C14H13FN2O2. The van der Waals surface area contributed by atoms with Crippen molar-refractivity contribution in [2.45, 2.75) is 13.0 Å². The van der Waals surface area contributed by atoms with Crippen LogP contribution in [0.3, 0.4) is 0 Å². The van der Waals surface area contributed by atoms with Crippen molar-refractivity contribution in [1.82, 2.24) is 4.98 Å². The van der Waals surface area contributed by atoms with Gasteiger partial charge in [0.1, 0.15) is 5.82 Å². The van der Waals surface area contributed by atoms with Crippen molar-refractivity contribution in [3.8, 4) is 0 Å². The number of carboxylic acid groups (broad SMARTS) is 1. The number of halogens is 1. The first kappa shape index (κ1) is 13.0. The highest BCUT2D eigenvalue weighted by atomic mass is 19.1. The van der Waals surface area contributed by atoms with Gasteiger partial charge in [0.15, 0.2) is 0 Å². The molecule has 1 aromatic heterocycles. The first-order chi connectivity index (χ1) is 9.08. The summed E-state index contributed by atoms with van der Waals surface area (Å²) in [6.07, 6.45) is 1.68. The number of benzene rings is 1. The summed E-state index contributed by atoms with van der Waals surface area (Å²) in [7, 11) is 0. The second-order valence-electron chi connectivity index (χ2n) is 4.12. The SMILES string of the molecule is CC(Nc1ccc(F)c(C(=O)O)c1)c1ccccn1. The molecule has 1 unspecified atom stereocenters. The zero-order chi connectivity index (χ0) is 13.8. The van der Waals surface area contributed by atoms with E-state index in [1.807, 2.05) is 25.1 Å². The molecule has 4 nitrogen and oxygen atoms in total. The largest absolute Gasteiger partial charge is 0.478 e. The summed E-state index contributed by atoms with van der Waals surface area (Å²) in [5, 5.41) is 11.9. The molecule has 0 spiro atoms. The minimum absolute atomic E-state index is 0.103. The lowest BCUT2D eigenvalue weighted by Crippen LogP contribution is -2.09. The monoisotopic (exact) mass is 260 g/mol. The van der Waals surface area contributed by atoms with Crippen LogP contribution in [0.5, 0.6) is 0 Å². The van der Waals surface area contributed by atoms with Crippen molar-refractivity contribution in [2.75, 3.05) is 5.32 Å². The zero-order valence-corrected chi connectivity index (χ0v) is 10.3. The summed E-state index contributed by atoms with van der Waals surface area (Å²) in [5.74, 6) is -2.03. The topological polar surface area (TPSA) is 62.2 Å². The Hall–Kier alpha value is -2.43. The van der Waals surface area contributed by atoms with Gasteiger partial charge >= 0.3 is 5.97 Å². The maximum Gasteiger partial charge on any atom is 0.338 e. The molecule has 2 N–H and O–H groups in total. The number of nitrogens with zero attached hydrogens (tertiary/aromatic N) is 1. The standard InChI is InChI=1S/C14H13FN2O2/c1-9(13-4-2-3-7-16-13)17-10-5-6-12(15)11(8-10)14(18)19/h2-9,17H,1H3,(H,18,19). The predicted octanol–water partition coefficient (Wildman–Crippen LogP) is 3.09. The lowest BCUT2D eigenvalue weighted by molar-refractivity contribution is 0.0692. The molecule has 0 aliphatic carbocycles. The van der Waals surface area contributed by atoms with Crippen molar-refractivity contribution in [3.05, 3.63) is 59.7 Å². The van der Waals surface area contributed by atoms with E-state index in [-0.39, 0.29) is 11.6 Å². The van der Waals surface area contributed by atoms with Crippen LogP contribution in [0.2, 0.25) is 0 Å². The van der Waals surface area contributed by atoms with Crippen molar-refractivity contribution >= 4 is 11.7 Å². The summed E-state index contributed by atoms with van der Waals surface area (Å²) < 4.78 is 13.3. The number of nitrogens with one attached hydrogen (secondary N) is 1. The zero-order valence-electron chi connectivity index (χ0n) is 10.3. The molecule has 0 saturated carbocycles. The summed E-state index contributed by atoms with van der Waals surface area (Å²) in [6.45, 7) is 1.89. The molecule has 19 heavy (non-hydrogen) atoms. The van der Waals surface area contributed by atoms with Crippen molar-refractivity contribution in [1.29, 1.82) is 0 Å². The predicted molar refractivity (Wildman–Crippen MR) is 69.6 cm³/mol. The van der Waals surface area contributed by atoms with E-state index in [1.54, 1.807) is 6.20 Å². The van der Waals surface area contributed by atoms with Gasteiger partial charge in [-0.05, 0) is 37.3 Å². The Morgan fingerprint density at radius 3 is 2.79 bits per heavy atom. The van der Waals surface area contributed by atoms with Gasteiger partial charge < -0.3 is 10.4 Å². The van der Waals surface area contributed by atoms with E-state index in [2.05, 4.69) is 10.3 Å². The fourth-order valence-electron chi connectivity index (χ4n) is 1.74. The smallest absolute Gasteiger partial charge is 0.338 e. The van der Waals surface area contributed by atoms with Gasteiger partial charge in [0.25, 0.3) is 0 Å². The maximum atomic E-state index is 13.3. The lowest BCUT2D eigenvalue weighted by atomic mass is 10.1. The van der Waals surface area contributed by atoms with Gasteiger partial charge in [-0.15, -0.1) is 0 Å². The van der Waals surface area contributed by atoms with E-state index in [4.69, 9.17) is 5.11 Å². The normalized spacial score (nSPS) is 11.9. The second-order valence-corrected chi connectivity index (χ2v) is 4.12. The molecule has 0 aliphatic rings. The molecule has 2 aromatic rings. The number of hydrogen-bond donors (Lipinski definition) is 2. The van der Waals surface area contributed by atoms with Crippen LogP contribution in [-0.2, 0) is 0 Å². The molecule has 1 heterocycles. The first-order valence-electron chi connectivity index (χ1n) is 5.78. The first-order valence-corrected chi connectivity index (χ1v) is 5.78. The fraction of sp³-hybridized carbons (Fsp3) is 0.143.